The molecule has 0 amide bonds. The van der Waals surface area contributed by atoms with Crippen molar-refractivity contribution in [1.29, 1.82) is 0 Å². The smallest absolute Gasteiger partial charge is 0.120 e. The molecule has 0 unspecified atom stereocenters. The van der Waals surface area contributed by atoms with Crippen LogP contribution >= 0.6 is 0 Å². The summed E-state index contributed by atoms with van der Waals surface area (Å²) in [7, 11) is 1.65. The average molecular weight is 503 g/mol. The van der Waals surface area contributed by atoms with Gasteiger partial charge in [0.25, 0.3) is 0 Å². The monoisotopic (exact) mass is 502 g/mol. The van der Waals surface area contributed by atoms with Crippen molar-refractivity contribution in [3.63, 3.8) is 0 Å². The van der Waals surface area contributed by atoms with Crippen LogP contribution in [0, 0.1) is 0 Å². The van der Waals surface area contributed by atoms with E-state index in [1.165, 1.54) is 0 Å². The van der Waals surface area contributed by atoms with Gasteiger partial charge >= 0.3 is 0 Å². The third kappa shape index (κ3) is 6.86. The minimum absolute atomic E-state index is 0.325. The van der Waals surface area contributed by atoms with E-state index in [2.05, 4.69) is 36.4 Å². The fraction of sp³-hybridized carbons (Fsp3) is 0.355. The topological polar surface area (TPSA) is 55.4 Å². The van der Waals surface area contributed by atoms with Crippen LogP contribution in [0.15, 0.2) is 103 Å². The molecule has 0 saturated carbocycles. The van der Waals surface area contributed by atoms with Gasteiger partial charge in [0.2, 0.25) is 0 Å². The number of fused-ring (bicyclic) bond motifs is 1. The summed E-state index contributed by atoms with van der Waals surface area (Å²) in [6.45, 7) is 2.10. The minimum Gasteiger partial charge on any atom is -0.499 e. The van der Waals surface area contributed by atoms with Gasteiger partial charge in [-0.3, -0.25) is 0 Å². The van der Waals surface area contributed by atoms with Crippen molar-refractivity contribution in [2.24, 2.45) is 0 Å². The molecule has 0 aromatic heterocycles. The Balaban J connectivity index is 1.37. The van der Waals surface area contributed by atoms with Gasteiger partial charge in [-0.05, 0) is 22.8 Å². The lowest BCUT2D eigenvalue weighted by Crippen LogP contribution is -2.61. The van der Waals surface area contributed by atoms with Gasteiger partial charge in [-0.15, -0.1) is 0 Å². The number of hydrogen-bond donors (Lipinski definition) is 0. The first-order chi connectivity index (χ1) is 18.3. The van der Waals surface area contributed by atoms with Crippen molar-refractivity contribution >= 4 is 0 Å². The second kappa shape index (κ2) is 13.0. The van der Waals surface area contributed by atoms with Crippen LogP contribution in [0.2, 0.25) is 0 Å². The van der Waals surface area contributed by atoms with Gasteiger partial charge in [0, 0.05) is 0 Å². The molecule has 0 radical (unpaired) electrons. The van der Waals surface area contributed by atoms with Crippen LogP contribution in [0.1, 0.15) is 16.7 Å². The SMILES string of the molecule is COC1=C[C@@H]2O[C@H](COCc3ccccc3)[C@@H](OCc3ccccc3)[C@H](OCc3ccccc3)[C@H]2OC1. The Kier molecular flexibility index (Phi) is 9.00. The summed E-state index contributed by atoms with van der Waals surface area (Å²) in [5.74, 6) is 0.746. The molecule has 0 aliphatic carbocycles. The largest absolute Gasteiger partial charge is 0.499 e. The standard InChI is InChI=1S/C31H34O6/c1-32-26-17-27-29(36-21-26)31(35-20-25-15-9-4-10-16-25)30(34-19-24-13-7-3-8-14-24)28(37-27)22-33-18-23-11-5-2-6-12-23/h2-17,27-31H,18-22H2,1H3/t27-,28+,29-,30+,31+/m0/s1. The Morgan fingerprint density at radius 3 is 1.81 bits per heavy atom. The zero-order valence-electron chi connectivity index (χ0n) is 21.1. The molecule has 2 heterocycles. The van der Waals surface area contributed by atoms with Crippen molar-refractivity contribution in [2.75, 3.05) is 20.3 Å². The van der Waals surface area contributed by atoms with E-state index in [-0.39, 0.29) is 24.4 Å². The summed E-state index contributed by atoms with van der Waals surface area (Å²) < 4.78 is 37.4. The fourth-order valence-corrected chi connectivity index (χ4v) is 4.73. The number of rotatable bonds is 11. The Labute approximate surface area is 218 Å². The predicted octanol–water partition coefficient (Wildman–Crippen LogP) is 5.07. The minimum atomic E-state index is -0.390. The van der Waals surface area contributed by atoms with Crippen LogP contribution in [-0.4, -0.2) is 50.8 Å². The highest BCUT2D eigenvalue weighted by molar-refractivity contribution is 5.16. The molecular formula is C31H34O6. The molecular weight excluding hydrogens is 468 g/mol. The van der Waals surface area contributed by atoms with E-state index < -0.39 is 6.10 Å². The Morgan fingerprint density at radius 2 is 1.24 bits per heavy atom. The average Bonchev–Trinajstić information content (AvgIpc) is 2.96. The molecule has 1 saturated heterocycles. The second-order valence-electron chi connectivity index (χ2n) is 9.28. The predicted molar refractivity (Wildman–Crippen MR) is 140 cm³/mol. The first kappa shape index (κ1) is 25.6. The molecule has 6 nitrogen and oxygen atoms in total. The highest BCUT2D eigenvalue weighted by Gasteiger charge is 2.49. The molecule has 0 bridgehead atoms. The highest BCUT2D eigenvalue weighted by atomic mass is 16.6. The van der Waals surface area contributed by atoms with E-state index >= 15 is 0 Å². The van der Waals surface area contributed by atoms with Crippen LogP contribution in [-0.2, 0) is 48.2 Å². The lowest BCUT2D eigenvalue weighted by molar-refractivity contribution is -0.265. The summed E-state index contributed by atoms with van der Waals surface area (Å²) in [5.41, 5.74) is 3.28. The molecule has 0 spiro atoms. The lowest BCUT2D eigenvalue weighted by Gasteiger charge is -2.47. The molecule has 2 aliphatic heterocycles. The molecule has 6 heteroatoms. The van der Waals surface area contributed by atoms with E-state index in [4.69, 9.17) is 28.4 Å². The van der Waals surface area contributed by atoms with Crippen LogP contribution < -0.4 is 0 Å². The van der Waals surface area contributed by atoms with Crippen molar-refractivity contribution in [2.45, 2.75) is 50.3 Å². The number of hydrogen-bond acceptors (Lipinski definition) is 6. The molecule has 5 atom stereocenters. The van der Waals surface area contributed by atoms with Crippen molar-refractivity contribution in [3.05, 3.63) is 120 Å². The molecule has 1 fully saturated rings. The van der Waals surface area contributed by atoms with E-state index in [1.807, 2.05) is 60.7 Å². The summed E-state index contributed by atoms with van der Waals surface area (Å²) in [6.07, 6.45) is 0.233. The maximum absolute atomic E-state index is 6.55. The molecule has 2 aliphatic rings. The molecule has 0 N–H and O–H groups in total. The highest BCUT2D eigenvalue weighted by Crippen LogP contribution is 2.33. The van der Waals surface area contributed by atoms with E-state index in [0.717, 1.165) is 22.4 Å². The maximum Gasteiger partial charge on any atom is 0.120 e. The van der Waals surface area contributed by atoms with Crippen LogP contribution in [0.3, 0.4) is 0 Å². The summed E-state index contributed by atoms with van der Waals surface area (Å²) >= 11 is 0. The Morgan fingerprint density at radius 1 is 0.703 bits per heavy atom. The van der Waals surface area contributed by atoms with Gasteiger partial charge in [0.05, 0.1) is 33.5 Å². The van der Waals surface area contributed by atoms with E-state index in [9.17, 15) is 0 Å². The third-order valence-electron chi connectivity index (χ3n) is 6.66. The first-order valence-electron chi connectivity index (χ1n) is 12.7. The van der Waals surface area contributed by atoms with Crippen LogP contribution in [0.5, 0.6) is 0 Å². The van der Waals surface area contributed by atoms with Gasteiger partial charge in [-0.1, -0.05) is 91.0 Å². The Bertz CT molecular complexity index is 1100. The van der Waals surface area contributed by atoms with Crippen molar-refractivity contribution in [3.8, 4) is 0 Å². The molecule has 194 valence electrons. The van der Waals surface area contributed by atoms with Crippen LogP contribution in [0.4, 0.5) is 0 Å². The van der Waals surface area contributed by atoms with Gasteiger partial charge in [0.1, 0.15) is 42.9 Å². The second-order valence-corrected chi connectivity index (χ2v) is 9.28. The number of methoxy groups -OCH3 is 1. The summed E-state index contributed by atoms with van der Waals surface area (Å²) in [4.78, 5) is 0. The van der Waals surface area contributed by atoms with Crippen molar-refractivity contribution < 1.29 is 28.4 Å². The number of ether oxygens (including phenoxy) is 6. The zero-order valence-corrected chi connectivity index (χ0v) is 21.1. The molecule has 3 aromatic carbocycles. The van der Waals surface area contributed by atoms with Gasteiger partial charge in [0.15, 0.2) is 0 Å². The first-order valence-corrected chi connectivity index (χ1v) is 12.7. The quantitative estimate of drug-likeness (QED) is 0.365. The molecule has 3 aromatic rings. The normalized spacial score (nSPS) is 25.2. The molecule has 5 rings (SSSR count). The fourth-order valence-electron chi connectivity index (χ4n) is 4.73. The van der Waals surface area contributed by atoms with Crippen molar-refractivity contribution in [1.82, 2.24) is 0 Å². The third-order valence-corrected chi connectivity index (χ3v) is 6.66. The summed E-state index contributed by atoms with van der Waals surface area (Å²) in [5, 5.41) is 0. The molecule has 37 heavy (non-hydrogen) atoms. The van der Waals surface area contributed by atoms with Crippen LogP contribution in [0.25, 0.3) is 0 Å². The zero-order chi connectivity index (χ0) is 25.3. The maximum atomic E-state index is 6.55. The van der Waals surface area contributed by atoms with E-state index in [0.29, 0.717) is 33.0 Å². The Hall–Kier alpha value is -3.00. The summed E-state index contributed by atoms with van der Waals surface area (Å²) in [6, 6.07) is 30.4. The van der Waals surface area contributed by atoms with E-state index in [1.54, 1.807) is 7.11 Å². The lowest BCUT2D eigenvalue weighted by atomic mass is 9.92. The van der Waals surface area contributed by atoms with Gasteiger partial charge in [-0.25, -0.2) is 0 Å². The number of benzene rings is 3. The van der Waals surface area contributed by atoms with Gasteiger partial charge in [-0.2, -0.15) is 0 Å². The van der Waals surface area contributed by atoms with Gasteiger partial charge < -0.3 is 28.4 Å².